The predicted molar refractivity (Wildman–Crippen MR) is 106 cm³/mol. The molecule has 0 spiro atoms. The molecule has 26 heavy (non-hydrogen) atoms. The largest absolute Gasteiger partial charge is 0.387 e. The highest BCUT2D eigenvalue weighted by atomic mass is 79.9. The second-order valence-corrected chi connectivity index (χ2v) is 10.7. The van der Waals surface area contributed by atoms with Crippen molar-refractivity contribution < 1.29 is 14.6 Å². The minimum Gasteiger partial charge on any atom is -0.387 e. The van der Waals surface area contributed by atoms with Crippen molar-refractivity contribution in [1.29, 1.82) is 0 Å². The van der Waals surface area contributed by atoms with Gasteiger partial charge in [-0.1, -0.05) is 22.9 Å². The molecule has 3 nitrogen and oxygen atoms in total. The van der Waals surface area contributed by atoms with Crippen LogP contribution in [0.4, 0.5) is 0 Å². The molecule has 0 radical (unpaired) electrons. The molecule has 0 amide bonds. The molecule has 1 unspecified atom stereocenters. The molecule has 4 fully saturated rings. The summed E-state index contributed by atoms with van der Waals surface area (Å²) in [6.07, 6.45) is 10.5. The van der Waals surface area contributed by atoms with Crippen LogP contribution in [0.25, 0.3) is 0 Å². The highest BCUT2D eigenvalue weighted by Crippen LogP contribution is 2.64. The van der Waals surface area contributed by atoms with Gasteiger partial charge in [0.05, 0.1) is 17.5 Å². The Labute approximate surface area is 166 Å². The first-order valence-electron chi connectivity index (χ1n) is 10.7. The molecule has 0 aromatic heterocycles. The average Bonchev–Trinajstić information content (AvgIpc) is 2.98. The van der Waals surface area contributed by atoms with Crippen LogP contribution in [0.2, 0.25) is 0 Å². The summed E-state index contributed by atoms with van der Waals surface area (Å²) in [5.41, 5.74) is -0.350. The number of fused-ring (bicyclic) bond motifs is 5. The first-order chi connectivity index (χ1) is 12.4. The lowest BCUT2D eigenvalue weighted by atomic mass is 9.49. The van der Waals surface area contributed by atoms with E-state index in [4.69, 9.17) is 4.74 Å². The topological polar surface area (TPSA) is 46.5 Å². The molecule has 0 heterocycles. The number of carbonyl (C=O) groups excluding carboxylic acids is 1. The minimum atomic E-state index is -0.591. The van der Waals surface area contributed by atoms with Crippen molar-refractivity contribution in [2.75, 3.05) is 19.0 Å². The van der Waals surface area contributed by atoms with Gasteiger partial charge in [0.2, 0.25) is 0 Å². The van der Waals surface area contributed by atoms with E-state index in [1.54, 1.807) is 7.11 Å². The van der Waals surface area contributed by atoms with E-state index in [9.17, 15) is 9.90 Å². The lowest BCUT2D eigenvalue weighted by Crippen LogP contribution is -2.52. The zero-order valence-corrected chi connectivity index (χ0v) is 18.0. The summed E-state index contributed by atoms with van der Waals surface area (Å²) in [6.45, 7) is 2.91. The van der Waals surface area contributed by atoms with Gasteiger partial charge in [-0.05, 0) is 92.8 Å². The van der Waals surface area contributed by atoms with Gasteiger partial charge in [0.15, 0.2) is 0 Å². The molecule has 0 aromatic carbocycles. The van der Waals surface area contributed by atoms with Crippen LogP contribution in [0.1, 0.15) is 64.7 Å². The number of halogens is 1. The molecule has 4 aliphatic carbocycles. The fourth-order valence-corrected chi connectivity index (χ4v) is 8.38. The molecular weight excluding hydrogens is 392 g/mol. The van der Waals surface area contributed by atoms with E-state index in [0.29, 0.717) is 23.6 Å². The number of carbonyl (C=O) groups is 1. The van der Waals surface area contributed by atoms with E-state index in [2.05, 4.69) is 22.9 Å². The van der Waals surface area contributed by atoms with Gasteiger partial charge in [-0.25, -0.2) is 0 Å². The molecule has 4 rings (SSSR count). The number of hydrogen-bond acceptors (Lipinski definition) is 3. The molecule has 8 atom stereocenters. The molecule has 0 aliphatic heterocycles. The lowest BCUT2D eigenvalue weighted by molar-refractivity contribution is -0.134. The van der Waals surface area contributed by atoms with Crippen molar-refractivity contribution >= 4 is 21.7 Å². The summed E-state index contributed by atoms with van der Waals surface area (Å²) in [6, 6.07) is 0. The van der Waals surface area contributed by atoms with Crippen molar-refractivity contribution in [3.05, 3.63) is 0 Å². The van der Waals surface area contributed by atoms with Crippen LogP contribution < -0.4 is 0 Å². The normalized spacial score (nSPS) is 50.6. The molecule has 0 saturated heterocycles. The van der Waals surface area contributed by atoms with Crippen LogP contribution in [-0.4, -0.2) is 35.5 Å². The van der Waals surface area contributed by atoms with Crippen molar-refractivity contribution in [2.24, 2.45) is 40.9 Å². The number of ketones is 1. The van der Waals surface area contributed by atoms with Gasteiger partial charge >= 0.3 is 0 Å². The Morgan fingerprint density at radius 2 is 1.85 bits per heavy atom. The van der Waals surface area contributed by atoms with E-state index in [-0.39, 0.29) is 11.3 Å². The summed E-state index contributed by atoms with van der Waals surface area (Å²) < 4.78 is 5.30. The smallest absolute Gasteiger partial charge is 0.147 e. The highest BCUT2D eigenvalue weighted by Gasteiger charge is 2.58. The number of aliphatic hydroxyl groups is 1. The fourth-order valence-electron chi connectivity index (χ4n) is 7.98. The van der Waals surface area contributed by atoms with Gasteiger partial charge in [-0.2, -0.15) is 0 Å². The highest BCUT2D eigenvalue weighted by molar-refractivity contribution is 9.09. The van der Waals surface area contributed by atoms with Crippen LogP contribution in [-0.2, 0) is 9.53 Å². The quantitative estimate of drug-likeness (QED) is 0.668. The van der Waals surface area contributed by atoms with E-state index < -0.39 is 5.60 Å². The van der Waals surface area contributed by atoms with E-state index >= 15 is 0 Å². The van der Waals surface area contributed by atoms with Gasteiger partial charge in [0.1, 0.15) is 5.78 Å². The number of rotatable bonds is 4. The third-order valence-electron chi connectivity index (χ3n) is 9.04. The zero-order chi connectivity index (χ0) is 18.5. The standard InChI is InChI=1S/C22H35BrO3/c1-21-9-7-16-15-8-10-22(25,13-26-2)11-14(15)3-4-17(16)18(21)5-6-19(21)20(24)12-23/h14-19,25H,3-13H2,1-2H3/t14-,15?,16-,17-,18+,19-,21+,22+/m1/s1. The monoisotopic (exact) mass is 426 g/mol. The fraction of sp³-hybridized carbons (Fsp3) is 0.955. The third kappa shape index (κ3) is 3.03. The number of Topliss-reactive ketones (excluding diaryl/α,β-unsaturated/α-hetero) is 1. The molecule has 4 heteroatoms. The summed E-state index contributed by atoms with van der Waals surface area (Å²) in [7, 11) is 1.70. The van der Waals surface area contributed by atoms with Gasteiger partial charge in [0, 0.05) is 13.0 Å². The van der Waals surface area contributed by atoms with Crippen molar-refractivity contribution in [2.45, 2.75) is 70.3 Å². The first-order valence-corrected chi connectivity index (χ1v) is 11.8. The van der Waals surface area contributed by atoms with Gasteiger partial charge < -0.3 is 9.84 Å². The van der Waals surface area contributed by atoms with Crippen LogP contribution in [0.15, 0.2) is 0 Å². The average molecular weight is 427 g/mol. The Kier molecular flexibility index (Phi) is 5.33. The summed E-state index contributed by atoms with van der Waals surface area (Å²) in [5, 5.41) is 11.4. The lowest BCUT2D eigenvalue weighted by Gasteiger charge is -2.57. The van der Waals surface area contributed by atoms with Gasteiger partial charge in [0.25, 0.3) is 0 Å². The summed E-state index contributed by atoms with van der Waals surface area (Å²) >= 11 is 3.42. The van der Waals surface area contributed by atoms with Gasteiger partial charge in [-0.3, -0.25) is 4.79 Å². The maximum Gasteiger partial charge on any atom is 0.147 e. The molecule has 0 aromatic rings. The molecule has 0 bridgehead atoms. The number of alkyl halides is 1. The Hall–Kier alpha value is 0.0700. The SMILES string of the molecule is COC[C@]1(O)CCC2[C@H](CC[C@@H]3[C@@H]2CC[C@]2(C)[C@@H](C(=O)CBr)CC[C@@H]32)C1. The molecule has 4 saturated carbocycles. The third-order valence-corrected chi connectivity index (χ3v) is 9.59. The Morgan fingerprint density at radius 3 is 2.58 bits per heavy atom. The van der Waals surface area contributed by atoms with E-state index in [1.807, 2.05) is 0 Å². The molecule has 1 N–H and O–H groups in total. The zero-order valence-electron chi connectivity index (χ0n) is 16.4. The Bertz CT molecular complexity index is 552. The van der Waals surface area contributed by atoms with Crippen LogP contribution in [0.3, 0.4) is 0 Å². The summed E-state index contributed by atoms with van der Waals surface area (Å²) in [5.74, 6) is 4.58. The maximum atomic E-state index is 12.5. The number of methoxy groups -OCH3 is 1. The maximum absolute atomic E-state index is 12.5. The van der Waals surface area contributed by atoms with E-state index in [0.717, 1.165) is 42.9 Å². The predicted octanol–water partition coefficient (Wildman–Crippen LogP) is 4.60. The summed E-state index contributed by atoms with van der Waals surface area (Å²) in [4.78, 5) is 12.5. The second-order valence-electron chi connectivity index (χ2n) is 10.1. The first kappa shape index (κ1) is 19.4. The van der Waals surface area contributed by atoms with Crippen LogP contribution in [0.5, 0.6) is 0 Å². The van der Waals surface area contributed by atoms with Crippen LogP contribution >= 0.6 is 15.9 Å². The molecular formula is C22H35BrO3. The van der Waals surface area contributed by atoms with Crippen molar-refractivity contribution in [3.63, 3.8) is 0 Å². The minimum absolute atomic E-state index is 0.240. The van der Waals surface area contributed by atoms with Crippen LogP contribution in [0, 0.1) is 40.9 Å². The Balaban J connectivity index is 1.50. The second kappa shape index (κ2) is 7.15. The van der Waals surface area contributed by atoms with Crippen molar-refractivity contribution in [1.82, 2.24) is 0 Å². The number of ether oxygens (including phenoxy) is 1. The number of hydrogen-bond donors (Lipinski definition) is 1. The molecule has 148 valence electrons. The Morgan fingerprint density at radius 1 is 1.08 bits per heavy atom. The molecule has 4 aliphatic rings. The van der Waals surface area contributed by atoms with Gasteiger partial charge in [-0.15, -0.1) is 0 Å². The van der Waals surface area contributed by atoms with E-state index in [1.165, 1.54) is 38.5 Å². The van der Waals surface area contributed by atoms with Crippen molar-refractivity contribution in [3.8, 4) is 0 Å².